The van der Waals surface area contributed by atoms with Gasteiger partial charge < -0.3 is 5.73 Å². The molecule has 2 aromatic rings. The molecule has 18 heavy (non-hydrogen) atoms. The molecule has 1 heterocycles. The van der Waals surface area contributed by atoms with E-state index in [0.29, 0.717) is 5.56 Å². The molecule has 1 unspecified atom stereocenters. The number of hydrogen-bond acceptors (Lipinski definition) is 3. The Balaban J connectivity index is 2.32. The first kappa shape index (κ1) is 13.0. The van der Waals surface area contributed by atoms with Gasteiger partial charge in [0, 0.05) is 6.54 Å². The van der Waals surface area contributed by atoms with Gasteiger partial charge in [0.25, 0.3) is 0 Å². The van der Waals surface area contributed by atoms with Crippen molar-refractivity contribution in [3.05, 3.63) is 46.5 Å². The first-order valence-electron chi connectivity index (χ1n) is 5.72. The van der Waals surface area contributed by atoms with Crippen LogP contribution in [0.25, 0.3) is 0 Å². The summed E-state index contributed by atoms with van der Waals surface area (Å²) in [7, 11) is 0. The lowest BCUT2D eigenvalue weighted by Gasteiger charge is -2.13. The minimum Gasteiger partial charge on any atom is -0.319 e. The smallest absolute Gasteiger partial charge is 0.142 e. The normalized spacial score (nSPS) is 12.7. The van der Waals surface area contributed by atoms with Crippen LogP contribution < -0.4 is 5.73 Å². The van der Waals surface area contributed by atoms with E-state index in [1.165, 1.54) is 12.1 Å². The highest BCUT2D eigenvalue weighted by Gasteiger charge is 2.16. The number of aryl methyl sites for hydroxylation is 1. The van der Waals surface area contributed by atoms with Crippen LogP contribution in [0, 0.1) is 5.82 Å². The van der Waals surface area contributed by atoms with Crippen LogP contribution in [-0.2, 0) is 6.54 Å². The Kier molecular flexibility index (Phi) is 3.93. The van der Waals surface area contributed by atoms with Crippen molar-refractivity contribution in [2.45, 2.75) is 25.9 Å². The molecule has 0 amide bonds. The molecule has 0 aliphatic rings. The molecule has 0 aliphatic heterocycles. The summed E-state index contributed by atoms with van der Waals surface area (Å²) in [5.41, 5.74) is 7.51. The summed E-state index contributed by atoms with van der Waals surface area (Å²) in [6.07, 6.45) is 2.53. The molecule has 0 saturated carbocycles. The number of nitrogens with zero attached hydrogens (tertiary/aromatic N) is 3. The Morgan fingerprint density at radius 1 is 1.50 bits per heavy atom. The predicted molar refractivity (Wildman–Crippen MR) is 67.8 cm³/mol. The summed E-state index contributed by atoms with van der Waals surface area (Å²) >= 11 is 5.65. The Morgan fingerprint density at radius 3 is 2.94 bits per heavy atom. The van der Waals surface area contributed by atoms with Gasteiger partial charge in [-0.25, -0.2) is 9.07 Å². The number of halogens is 2. The summed E-state index contributed by atoms with van der Waals surface area (Å²) in [5, 5.41) is 7.89. The number of nitrogens with two attached hydrogens (primary N) is 1. The second kappa shape index (κ2) is 5.46. The third-order valence-electron chi connectivity index (χ3n) is 2.70. The van der Waals surface area contributed by atoms with E-state index in [1.54, 1.807) is 16.9 Å². The quantitative estimate of drug-likeness (QED) is 0.927. The summed E-state index contributed by atoms with van der Waals surface area (Å²) in [6, 6.07) is 4.09. The van der Waals surface area contributed by atoms with E-state index in [1.807, 2.05) is 6.92 Å². The van der Waals surface area contributed by atoms with Crippen molar-refractivity contribution >= 4 is 11.6 Å². The molecule has 0 saturated heterocycles. The second-order valence-corrected chi connectivity index (χ2v) is 4.44. The van der Waals surface area contributed by atoms with Gasteiger partial charge in [0.1, 0.15) is 5.82 Å². The van der Waals surface area contributed by atoms with E-state index >= 15 is 0 Å². The molecule has 0 bridgehead atoms. The van der Waals surface area contributed by atoms with Crippen molar-refractivity contribution in [2.24, 2.45) is 5.73 Å². The van der Waals surface area contributed by atoms with Gasteiger partial charge in [-0.2, -0.15) is 0 Å². The topological polar surface area (TPSA) is 56.7 Å². The van der Waals surface area contributed by atoms with Crippen LogP contribution in [0.4, 0.5) is 4.39 Å². The Bertz CT molecular complexity index is 541. The van der Waals surface area contributed by atoms with E-state index in [0.717, 1.165) is 18.7 Å². The molecule has 1 atom stereocenters. The van der Waals surface area contributed by atoms with Crippen LogP contribution >= 0.6 is 11.6 Å². The van der Waals surface area contributed by atoms with Crippen molar-refractivity contribution in [2.75, 3.05) is 0 Å². The largest absolute Gasteiger partial charge is 0.319 e. The molecular weight excluding hydrogens is 255 g/mol. The molecule has 2 rings (SSSR count). The second-order valence-electron chi connectivity index (χ2n) is 4.03. The van der Waals surface area contributed by atoms with Gasteiger partial charge in [0.15, 0.2) is 0 Å². The predicted octanol–water partition coefficient (Wildman–Crippen LogP) is 2.53. The van der Waals surface area contributed by atoms with Crippen molar-refractivity contribution < 1.29 is 4.39 Å². The highest BCUT2D eigenvalue weighted by atomic mass is 35.5. The Labute approximate surface area is 110 Å². The lowest BCUT2D eigenvalue weighted by molar-refractivity contribution is 0.542. The third-order valence-corrected chi connectivity index (χ3v) is 3.01. The number of hydrogen-bond donors (Lipinski definition) is 1. The summed E-state index contributed by atoms with van der Waals surface area (Å²) in [4.78, 5) is 0. The fourth-order valence-corrected chi connectivity index (χ4v) is 1.89. The van der Waals surface area contributed by atoms with Gasteiger partial charge in [0.2, 0.25) is 0 Å². The molecule has 4 nitrogen and oxygen atoms in total. The summed E-state index contributed by atoms with van der Waals surface area (Å²) < 4.78 is 15.1. The van der Waals surface area contributed by atoms with Crippen LogP contribution in [0.2, 0.25) is 5.02 Å². The van der Waals surface area contributed by atoms with E-state index < -0.39 is 11.9 Å². The Hall–Kier alpha value is -1.46. The molecular formula is C12H14ClFN4. The zero-order valence-electron chi connectivity index (χ0n) is 9.98. The molecule has 0 radical (unpaired) electrons. The van der Waals surface area contributed by atoms with Gasteiger partial charge in [-0.15, -0.1) is 5.10 Å². The van der Waals surface area contributed by atoms with Crippen LogP contribution in [0.5, 0.6) is 0 Å². The van der Waals surface area contributed by atoms with Crippen molar-refractivity contribution in [3.63, 3.8) is 0 Å². The molecule has 6 heteroatoms. The zero-order chi connectivity index (χ0) is 13.1. The average molecular weight is 269 g/mol. The van der Waals surface area contributed by atoms with Crippen molar-refractivity contribution in [1.82, 2.24) is 15.0 Å². The molecule has 0 aliphatic carbocycles. The molecule has 96 valence electrons. The van der Waals surface area contributed by atoms with E-state index in [-0.39, 0.29) is 5.02 Å². The SMILES string of the molecule is CCCn1nncc1C(N)c1ccc(Cl)c(F)c1. The van der Waals surface area contributed by atoms with Crippen LogP contribution in [-0.4, -0.2) is 15.0 Å². The maximum atomic E-state index is 13.4. The standard InChI is InChI=1S/C12H14ClFN4/c1-2-5-18-11(7-16-17-18)12(15)8-3-4-9(13)10(14)6-8/h3-4,6-7,12H,2,5,15H2,1H3. The highest BCUT2D eigenvalue weighted by molar-refractivity contribution is 6.30. The Morgan fingerprint density at radius 2 is 2.28 bits per heavy atom. The lowest BCUT2D eigenvalue weighted by Crippen LogP contribution is -2.17. The average Bonchev–Trinajstić information content (AvgIpc) is 2.80. The minimum absolute atomic E-state index is 0.0890. The van der Waals surface area contributed by atoms with E-state index in [2.05, 4.69) is 10.3 Å². The van der Waals surface area contributed by atoms with Crippen LogP contribution in [0.1, 0.15) is 30.6 Å². The van der Waals surface area contributed by atoms with Crippen molar-refractivity contribution in [1.29, 1.82) is 0 Å². The fourth-order valence-electron chi connectivity index (χ4n) is 1.77. The van der Waals surface area contributed by atoms with Gasteiger partial charge in [-0.1, -0.05) is 29.8 Å². The third kappa shape index (κ3) is 2.52. The highest BCUT2D eigenvalue weighted by Crippen LogP contribution is 2.23. The van der Waals surface area contributed by atoms with E-state index in [4.69, 9.17) is 17.3 Å². The van der Waals surface area contributed by atoms with Gasteiger partial charge in [0.05, 0.1) is 23.0 Å². The zero-order valence-corrected chi connectivity index (χ0v) is 10.7. The number of rotatable bonds is 4. The van der Waals surface area contributed by atoms with Crippen LogP contribution in [0.15, 0.2) is 24.4 Å². The summed E-state index contributed by atoms with van der Waals surface area (Å²) in [5.74, 6) is -0.473. The van der Waals surface area contributed by atoms with Gasteiger partial charge >= 0.3 is 0 Å². The fraction of sp³-hybridized carbons (Fsp3) is 0.333. The number of aromatic nitrogens is 3. The monoisotopic (exact) mass is 268 g/mol. The molecule has 1 aromatic carbocycles. The maximum absolute atomic E-state index is 13.4. The molecule has 1 aromatic heterocycles. The molecule has 2 N–H and O–H groups in total. The number of benzene rings is 1. The van der Waals surface area contributed by atoms with Crippen molar-refractivity contribution in [3.8, 4) is 0 Å². The maximum Gasteiger partial charge on any atom is 0.142 e. The van der Waals surface area contributed by atoms with Gasteiger partial charge in [-0.05, 0) is 24.1 Å². The first-order chi connectivity index (χ1) is 8.63. The van der Waals surface area contributed by atoms with Gasteiger partial charge in [-0.3, -0.25) is 0 Å². The van der Waals surface area contributed by atoms with Crippen LogP contribution in [0.3, 0.4) is 0 Å². The molecule has 0 fully saturated rings. The summed E-state index contributed by atoms with van der Waals surface area (Å²) in [6.45, 7) is 2.78. The minimum atomic E-state index is -0.473. The first-order valence-corrected chi connectivity index (χ1v) is 6.10. The molecule has 0 spiro atoms. The lowest BCUT2D eigenvalue weighted by atomic mass is 10.1. The van der Waals surface area contributed by atoms with E-state index in [9.17, 15) is 4.39 Å².